The molecule has 1 aromatic carbocycles. The normalized spacial score (nSPS) is 13.8. The number of nitrogens with zero attached hydrogens (tertiary/aromatic N) is 1. The van der Waals surface area contributed by atoms with Crippen LogP contribution in [0.4, 0.5) is 0 Å². The van der Waals surface area contributed by atoms with Crippen molar-refractivity contribution in [2.75, 3.05) is 0 Å². The molecule has 0 amide bonds. The highest BCUT2D eigenvalue weighted by molar-refractivity contribution is 5.95. The van der Waals surface area contributed by atoms with Crippen molar-refractivity contribution in [1.82, 2.24) is 0 Å². The number of hydrogen-bond donors (Lipinski definition) is 2. The first kappa shape index (κ1) is 17.7. The minimum atomic E-state index is -1.45. The molecule has 1 rings (SSSR count). The predicted molar refractivity (Wildman–Crippen MR) is 79.8 cm³/mol. The largest absolute Gasteiger partial charge is 0.481 e. The lowest BCUT2D eigenvalue weighted by Gasteiger charge is -2.25. The van der Waals surface area contributed by atoms with Crippen molar-refractivity contribution in [3.8, 4) is 6.07 Å². The Kier molecular flexibility index (Phi) is 5.66. The van der Waals surface area contributed by atoms with Crippen LogP contribution >= 0.6 is 0 Å². The van der Waals surface area contributed by atoms with Gasteiger partial charge in [0.05, 0.1) is 11.6 Å². The number of rotatable bonds is 5. The number of benzene rings is 1. The maximum Gasteiger partial charge on any atom is 0.322 e. The molecule has 3 N–H and O–H groups in total. The highest BCUT2D eigenvalue weighted by Crippen LogP contribution is 2.17. The third-order valence-corrected chi connectivity index (χ3v) is 2.88. The van der Waals surface area contributed by atoms with Gasteiger partial charge in [-0.25, -0.2) is 0 Å². The van der Waals surface area contributed by atoms with Crippen molar-refractivity contribution in [2.24, 2.45) is 11.7 Å². The molecule has 0 radical (unpaired) electrons. The molecule has 0 aromatic heterocycles. The molecular weight excluding hydrogens is 284 g/mol. The maximum atomic E-state index is 12.0. The first-order valence-corrected chi connectivity index (χ1v) is 6.84. The van der Waals surface area contributed by atoms with Crippen molar-refractivity contribution >= 4 is 11.9 Å². The lowest BCUT2D eigenvalue weighted by Crippen LogP contribution is -2.45. The van der Waals surface area contributed by atoms with E-state index in [2.05, 4.69) is 0 Å². The van der Waals surface area contributed by atoms with Crippen LogP contribution in [-0.4, -0.2) is 28.7 Å². The smallest absolute Gasteiger partial charge is 0.322 e. The number of carboxylic acid groups (broad SMARTS) is 1. The van der Waals surface area contributed by atoms with Crippen molar-refractivity contribution in [1.29, 1.82) is 5.26 Å². The second-order valence-electron chi connectivity index (χ2n) is 6.03. The molecule has 0 saturated carbocycles. The second kappa shape index (κ2) is 7.05. The van der Waals surface area contributed by atoms with Crippen LogP contribution in [0.15, 0.2) is 24.3 Å². The minimum absolute atomic E-state index is 0.158. The Morgan fingerprint density at radius 3 is 2.55 bits per heavy atom. The number of esters is 1. The van der Waals surface area contributed by atoms with E-state index in [1.807, 2.05) is 6.07 Å². The molecule has 118 valence electrons. The molecule has 6 heteroatoms. The average molecular weight is 304 g/mol. The summed E-state index contributed by atoms with van der Waals surface area (Å²) in [5, 5.41) is 18.1. The van der Waals surface area contributed by atoms with Gasteiger partial charge in [0, 0.05) is 6.04 Å². The molecule has 0 bridgehead atoms. The highest BCUT2D eigenvalue weighted by Gasteiger charge is 2.36. The zero-order valence-electron chi connectivity index (χ0n) is 12.9. The number of carbonyl (C=O) groups is 2. The molecule has 2 atom stereocenters. The lowest BCUT2D eigenvalue weighted by molar-refractivity contribution is -0.167. The van der Waals surface area contributed by atoms with E-state index >= 15 is 0 Å². The molecule has 6 nitrogen and oxygen atoms in total. The Labute approximate surface area is 129 Å². The van der Waals surface area contributed by atoms with Crippen molar-refractivity contribution in [3.63, 3.8) is 0 Å². The van der Waals surface area contributed by atoms with Crippen LogP contribution in [0.2, 0.25) is 0 Å². The molecule has 22 heavy (non-hydrogen) atoms. The molecule has 1 aromatic rings. The predicted octanol–water partition coefficient (Wildman–Crippen LogP) is 1.47. The molecular formula is C16H20N2O4. The zero-order chi connectivity index (χ0) is 16.9. The molecule has 0 spiro atoms. The monoisotopic (exact) mass is 304 g/mol. The van der Waals surface area contributed by atoms with Crippen molar-refractivity contribution in [3.05, 3.63) is 35.4 Å². The number of nitriles is 1. The summed E-state index contributed by atoms with van der Waals surface area (Å²) in [5.41, 5.74) is 6.26. The summed E-state index contributed by atoms with van der Waals surface area (Å²) in [7, 11) is 0. The zero-order valence-corrected chi connectivity index (χ0v) is 12.9. The topological polar surface area (TPSA) is 113 Å². The fourth-order valence-electron chi connectivity index (χ4n) is 1.98. The summed E-state index contributed by atoms with van der Waals surface area (Å²) in [6, 6.07) is 7.73. The van der Waals surface area contributed by atoms with Crippen LogP contribution in [0, 0.1) is 17.2 Å². The number of carboxylic acids is 1. The van der Waals surface area contributed by atoms with Crippen LogP contribution in [0.1, 0.15) is 31.9 Å². The van der Waals surface area contributed by atoms with Gasteiger partial charge in [0.25, 0.3) is 0 Å². The van der Waals surface area contributed by atoms with Gasteiger partial charge in [-0.1, -0.05) is 12.1 Å². The van der Waals surface area contributed by atoms with E-state index in [-0.39, 0.29) is 6.42 Å². The number of aliphatic carboxylic acids is 1. The van der Waals surface area contributed by atoms with E-state index in [9.17, 15) is 14.7 Å². The van der Waals surface area contributed by atoms with Crippen LogP contribution in [-0.2, 0) is 20.7 Å². The van der Waals surface area contributed by atoms with Gasteiger partial charge in [-0.3, -0.25) is 9.59 Å². The minimum Gasteiger partial charge on any atom is -0.481 e. The van der Waals surface area contributed by atoms with Gasteiger partial charge in [0.1, 0.15) is 5.60 Å². The fourth-order valence-corrected chi connectivity index (χ4v) is 1.98. The quantitative estimate of drug-likeness (QED) is 0.629. The second-order valence-corrected chi connectivity index (χ2v) is 6.03. The fraction of sp³-hybridized carbons (Fsp3) is 0.438. The van der Waals surface area contributed by atoms with Crippen LogP contribution in [0.5, 0.6) is 0 Å². The Bertz CT molecular complexity index is 599. The third kappa shape index (κ3) is 5.19. The van der Waals surface area contributed by atoms with Gasteiger partial charge in [0.15, 0.2) is 5.92 Å². The molecule has 0 heterocycles. The van der Waals surface area contributed by atoms with Gasteiger partial charge in [0.2, 0.25) is 0 Å². The lowest BCUT2D eigenvalue weighted by atomic mass is 9.93. The summed E-state index contributed by atoms with van der Waals surface area (Å²) in [6.45, 7) is 4.98. The highest BCUT2D eigenvalue weighted by atomic mass is 16.6. The molecule has 0 fully saturated rings. The average Bonchev–Trinajstić information content (AvgIpc) is 2.36. The molecule has 0 aliphatic carbocycles. The van der Waals surface area contributed by atoms with Crippen molar-refractivity contribution in [2.45, 2.75) is 38.8 Å². The molecule has 0 unspecified atom stereocenters. The van der Waals surface area contributed by atoms with Gasteiger partial charge in [-0.15, -0.1) is 0 Å². The van der Waals surface area contributed by atoms with E-state index < -0.39 is 29.5 Å². The van der Waals surface area contributed by atoms with Crippen LogP contribution in [0.3, 0.4) is 0 Å². The Morgan fingerprint density at radius 1 is 1.41 bits per heavy atom. The molecule has 0 saturated heterocycles. The summed E-state index contributed by atoms with van der Waals surface area (Å²) in [5.74, 6) is -3.63. The van der Waals surface area contributed by atoms with E-state index in [0.717, 1.165) is 0 Å². The number of carbonyl (C=O) groups excluding carboxylic acids is 1. The van der Waals surface area contributed by atoms with E-state index in [1.165, 1.54) is 0 Å². The summed E-state index contributed by atoms with van der Waals surface area (Å²) in [4.78, 5) is 23.4. The SMILES string of the molecule is CC(C)(C)OC(=O)[C@H](C(=O)O)[C@@H](N)Cc1cccc(C#N)c1. The van der Waals surface area contributed by atoms with Gasteiger partial charge >= 0.3 is 11.9 Å². The van der Waals surface area contributed by atoms with Crippen LogP contribution in [0.25, 0.3) is 0 Å². The van der Waals surface area contributed by atoms with Crippen LogP contribution < -0.4 is 5.73 Å². The first-order chi connectivity index (χ1) is 10.1. The number of hydrogen-bond acceptors (Lipinski definition) is 5. The molecule has 0 aliphatic rings. The first-order valence-electron chi connectivity index (χ1n) is 6.84. The van der Waals surface area contributed by atoms with E-state index in [0.29, 0.717) is 11.1 Å². The number of nitrogens with two attached hydrogens (primary N) is 1. The summed E-state index contributed by atoms with van der Waals surface area (Å²) < 4.78 is 5.11. The van der Waals surface area contributed by atoms with Gasteiger partial charge in [-0.2, -0.15) is 5.26 Å². The Hall–Kier alpha value is -2.39. The maximum absolute atomic E-state index is 12.0. The summed E-state index contributed by atoms with van der Waals surface area (Å²) >= 11 is 0. The standard InChI is InChI=1S/C16H20N2O4/c1-16(2,3)22-15(21)13(14(19)20)12(18)8-10-5-4-6-11(7-10)9-17/h4-7,12-13H,8,18H2,1-3H3,(H,19,20)/t12-,13-/m0/s1. The number of ether oxygens (including phenoxy) is 1. The van der Waals surface area contributed by atoms with E-state index in [1.54, 1.807) is 45.0 Å². The Morgan fingerprint density at radius 2 is 2.05 bits per heavy atom. The summed E-state index contributed by atoms with van der Waals surface area (Å²) in [6.07, 6.45) is 0.158. The molecule has 0 aliphatic heterocycles. The van der Waals surface area contributed by atoms with Crippen molar-refractivity contribution < 1.29 is 19.4 Å². The third-order valence-electron chi connectivity index (χ3n) is 2.88. The van der Waals surface area contributed by atoms with Gasteiger partial charge < -0.3 is 15.6 Å². The Balaban J connectivity index is 2.90. The van der Waals surface area contributed by atoms with E-state index in [4.69, 9.17) is 15.7 Å². The van der Waals surface area contributed by atoms with Gasteiger partial charge in [-0.05, 0) is 44.9 Å².